The first kappa shape index (κ1) is 28.9. The van der Waals surface area contributed by atoms with Gasteiger partial charge in [-0.3, -0.25) is 4.55 Å². The van der Waals surface area contributed by atoms with E-state index in [0.29, 0.717) is 0 Å². The molecule has 0 spiro atoms. The van der Waals surface area contributed by atoms with E-state index < -0.39 is 15.6 Å². The van der Waals surface area contributed by atoms with Crippen molar-refractivity contribution in [1.82, 2.24) is 0 Å². The third-order valence-corrected chi connectivity index (χ3v) is 5.45. The number of unbranched alkanes of at least 4 members (excludes halogenated alkanes) is 9. The summed E-state index contributed by atoms with van der Waals surface area (Å²) >= 11 is 0. The Morgan fingerprint density at radius 2 is 1.23 bits per heavy atom. The zero-order chi connectivity index (χ0) is 23.1. The predicted octanol–water partition coefficient (Wildman–Crippen LogP) is 6.58. The highest BCUT2D eigenvalue weighted by atomic mass is 32.2. The number of hydrogen-bond acceptors (Lipinski definition) is 2. The molecule has 0 saturated carbocycles. The Kier molecular flexibility index (Phi) is 14.3. The van der Waals surface area contributed by atoms with Gasteiger partial charge < -0.3 is 4.48 Å². The Labute approximate surface area is 180 Å². The van der Waals surface area contributed by atoms with Crippen LogP contribution >= 0.6 is 0 Å². The van der Waals surface area contributed by atoms with E-state index in [0.717, 1.165) is 11.0 Å². The summed E-state index contributed by atoms with van der Waals surface area (Å²) in [4.78, 5) is 0. The lowest BCUT2D eigenvalue weighted by atomic mass is 10.1. The van der Waals surface area contributed by atoms with Gasteiger partial charge in [0.05, 0.1) is 20.6 Å². The van der Waals surface area contributed by atoms with Crippen molar-refractivity contribution >= 4 is 10.1 Å². The third-order valence-electron chi connectivity index (χ3n) is 4.86. The molecule has 1 aromatic carbocycles. The summed E-state index contributed by atoms with van der Waals surface area (Å²) in [6, 6.07) is 10.9. The highest BCUT2D eigenvalue weighted by Crippen LogP contribution is 2.20. The van der Waals surface area contributed by atoms with Crippen LogP contribution in [0.15, 0.2) is 30.3 Å². The molecule has 0 unspecified atom stereocenters. The van der Waals surface area contributed by atoms with Crippen molar-refractivity contribution in [3.05, 3.63) is 35.9 Å². The van der Waals surface area contributed by atoms with Crippen LogP contribution < -0.4 is 0 Å². The molecular formula is C22H39F3NO3S+. The minimum Gasteiger partial charge on any atom is -0.325 e. The van der Waals surface area contributed by atoms with Gasteiger partial charge in [-0.2, -0.15) is 21.6 Å². The summed E-state index contributed by atoms with van der Waals surface area (Å²) in [5.41, 5.74) is -4.08. The van der Waals surface area contributed by atoms with E-state index in [9.17, 15) is 13.2 Å². The van der Waals surface area contributed by atoms with Gasteiger partial charge in [0, 0.05) is 5.56 Å². The van der Waals surface area contributed by atoms with Crippen LogP contribution in [-0.4, -0.2) is 43.6 Å². The lowest BCUT2D eigenvalue weighted by Crippen LogP contribution is -2.39. The van der Waals surface area contributed by atoms with Crippen LogP contribution in [0.2, 0.25) is 0 Å². The number of hydrogen-bond donors (Lipinski definition) is 1. The second-order valence-electron chi connectivity index (χ2n) is 8.41. The van der Waals surface area contributed by atoms with Crippen molar-refractivity contribution in [2.75, 3.05) is 20.6 Å². The summed E-state index contributed by atoms with van der Waals surface area (Å²) in [6.45, 7) is 4.74. The maximum Gasteiger partial charge on any atom is 0.522 e. The summed E-state index contributed by atoms with van der Waals surface area (Å²) in [5, 5.41) is 0. The molecule has 0 aliphatic carbocycles. The van der Waals surface area contributed by atoms with Crippen LogP contribution in [0, 0.1) is 0 Å². The van der Waals surface area contributed by atoms with Gasteiger partial charge in [0.15, 0.2) is 0 Å². The highest BCUT2D eigenvalue weighted by molar-refractivity contribution is 7.86. The fraction of sp³-hybridized carbons (Fsp3) is 0.727. The molecule has 0 aliphatic heterocycles. The van der Waals surface area contributed by atoms with Crippen LogP contribution in [0.25, 0.3) is 0 Å². The molecule has 0 radical (unpaired) electrons. The van der Waals surface area contributed by atoms with E-state index >= 15 is 0 Å². The molecule has 176 valence electrons. The number of halogens is 3. The minimum absolute atomic E-state index is 1.11. The van der Waals surface area contributed by atoms with Gasteiger partial charge in [-0.1, -0.05) is 88.6 Å². The second-order valence-corrected chi connectivity index (χ2v) is 9.82. The topological polar surface area (TPSA) is 54.4 Å². The number of rotatable bonds is 13. The first-order chi connectivity index (χ1) is 13.9. The highest BCUT2D eigenvalue weighted by Gasteiger charge is 2.44. The SMILES string of the molecule is CCCCCCCCCCCC[N+](C)(C)Cc1ccccc1.O=S(=O)(O)C(F)(F)F. The van der Waals surface area contributed by atoms with Gasteiger partial charge in [0.1, 0.15) is 6.54 Å². The standard InChI is InChI=1S/C21H38N.CHF3O3S/c1-4-5-6-7-8-9-10-11-12-16-19-22(2,3)20-21-17-14-13-15-18-21;2-1(3,4)8(5,6)7/h13-15,17-18H,4-12,16,19-20H2,1-3H3;(H,5,6,7)/q+1;. The molecule has 30 heavy (non-hydrogen) atoms. The zero-order valence-electron chi connectivity index (χ0n) is 18.6. The van der Waals surface area contributed by atoms with Crippen LogP contribution in [0.3, 0.4) is 0 Å². The van der Waals surface area contributed by atoms with Gasteiger partial charge in [0.25, 0.3) is 0 Å². The number of nitrogens with zero attached hydrogens (tertiary/aromatic N) is 1. The quantitative estimate of drug-likeness (QED) is 0.159. The molecule has 0 heterocycles. The number of alkyl halides is 3. The molecule has 1 aromatic rings. The van der Waals surface area contributed by atoms with Crippen molar-refractivity contribution in [3.63, 3.8) is 0 Å². The van der Waals surface area contributed by atoms with Crippen molar-refractivity contribution in [2.45, 2.75) is 83.2 Å². The predicted molar refractivity (Wildman–Crippen MR) is 117 cm³/mol. The molecule has 0 aromatic heterocycles. The van der Waals surface area contributed by atoms with E-state index in [2.05, 4.69) is 51.4 Å². The first-order valence-electron chi connectivity index (χ1n) is 10.8. The first-order valence-corrected chi connectivity index (χ1v) is 12.2. The molecule has 0 atom stereocenters. The molecule has 0 saturated heterocycles. The van der Waals surface area contributed by atoms with E-state index in [1.165, 1.54) is 76.3 Å². The van der Waals surface area contributed by atoms with E-state index in [-0.39, 0.29) is 0 Å². The Balaban J connectivity index is 0.000000890. The van der Waals surface area contributed by atoms with Gasteiger partial charge in [-0.05, 0) is 12.8 Å². The van der Waals surface area contributed by atoms with E-state index in [4.69, 9.17) is 13.0 Å². The molecule has 4 nitrogen and oxygen atoms in total. The largest absolute Gasteiger partial charge is 0.522 e. The van der Waals surface area contributed by atoms with Gasteiger partial charge in [-0.25, -0.2) is 0 Å². The van der Waals surface area contributed by atoms with Crippen LogP contribution in [0.4, 0.5) is 13.2 Å². The fourth-order valence-electron chi connectivity index (χ4n) is 3.18. The molecule has 1 N–H and O–H groups in total. The monoisotopic (exact) mass is 454 g/mol. The Morgan fingerprint density at radius 3 is 1.63 bits per heavy atom. The second kappa shape index (κ2) is 14.8. The third kappa shape index (κ3) is 15.7. The molecule has 0 amide bonds. The lowest BCUT2D eigenvalue weighted by molar-refractivity contribution is -0.903. The van der Waals surface area contributed by atoms with Gasteiger partial charge in [-0.15, -0.1) is 0 Å². The van der Waals surface area contributed by atoms with Crippen LogP contribution in [0.1, 0.15) is 76.7 Å². The Morgan fingerprint density at radius 1 is 0.833 bits per heavy atom. The fourth-order valence-corrected chi connectivity index (χ4v) is 3.18. The van der Waals surface area contributed by atoms with Crippen LogP contribution in [0.5, 0.6) is 0 Å². The summed E-state index contributed by atoms with van der Waals surface area (Å²) in [6.07, 6.45) is 14.2. The van der Waals surface area contributed by atoms with Crippen molar-refractivity contribution in [1.29, 1.82) is 0 Å². The molecule has 0 fully saturated rings. The zero-order valence-corrected chi connectivity index (χ0v) is 19.4. The molecule has 0 aliphatic rings. The number of benzene rings is 1. The smallest absolute Gasteiger partial charge is 0.325 e. The average Bonchev–Trinajstić information content (AvgIpc) is 2.62. The van der Waals surface area contributed by atoms with E-state index in [1.807, 2.05) is 0 Å². The summed E-state index contributed by atoms with van der Waals surface area (Å²) < 4.78 is 58.7. The Hall–Kier alpha value is -1.12. The van der Waals surface area contributed by atoms with Crippen molar-refractivity contribution in [2.24, 2.45) is 0 Å². The van der Waals surface area contributed by atoms with Crippen molar-refractivity contribution in [3.8, 4) is 0 Å². The minimum atomic E-state index is -5.84. The Bertz CT molecular complexity index is 647. The van der Waals surface area contributed by atoms with Gasteiger partial charge in [0.2, 0.25) is 0 Å². The lowest BCUT2D eigenvalue weighted by Gasteiger charge is -2.30. The summed E-state index contributed by atoms with van der Waals surface area (Å²) in [5.74, 6) is 0. The average molecular weight is 455 g/mol. The number of quaternary nitrogens is 1. The summed E-state index contributed by atoms with van der Waals surface area (Å²) in [7, 11) is -1.12. The maximum atomic E-state index is 10.7. The molecule has 8 heteroatoms. The normalized spacial score (nSPS) is 12.4. The molecular weight excluding hydrogens is 415 g/mol. The molecule has 1 rings (SSSR count). The molecule has 0 bridgehead atoms. The van der Waals surface area contributed by atoms with Crippen molar-refractivity contribution < 1.29 is 30.6 Å². The van der Waals surface area contributed by atoms with Crippen LogP contribution in [-0.2, 0) is 16.7 Å². The van der Waals surface area contributed by atoms with E-state index in [1.54, 1.807) is 0 Å². The maximum absolute atomic E-state index is 10.7. The van der Waals surface area contributed by atoms with Gasteiger partial charge >= 0.3 is 15.6 Å².